The predicted molar refractivity (Wildman–Crippen MR) is 59.9 cm³/mol. The normalized spacial score (nSPS) is 11.5. The van der Waals surface area contributed by atoms with Gasteiger partial charge in [0.05, 0.1) is 18.5 Å². The maximum Gasteiger partial charge on any atom is 0.320 e. The number of hydrogen-bond acceptors (Lipinski definition) is 5. The van der Waals surface area contributed by atoms with Crippen molar-refractivity contribution in [2.45, 2.75) is 18.7 Å². The Morgan fingerprint density at radius 1 is 1.47 bits per heavy atom. The van der Waals surface area contributed by atoms with Gasteiger partial charge in [-0.1, -0.05) is 0 Å². The van der Waals surface area contributed by atoms with Crippen LogP contribution < -0.4 is 4.72 Å². The molecule has 17 heavy (non-hydrogen) atoms. The lowest BCUT2D eigenvalue weighted by atomic mass is 10.4. The Morgan fingerprint density at radius 2 is 2.06 bits per heavy atom. The Balaban J connectivity index is 3.02. The number of carbonyl (C=O) groups is 1. The first-order chi connectivity index (χ1) is 7.79. The molecule has 0 fully saturated rings. The van der Waals surface area contributed by atoms with Crippen molar-refractivity contribution >= 4 is 16.0 Å². The van der Waals surface area contributed by atoms with Gasteiger partial charge in [0.15, 0.2) is 0 Å². The maximum absolute atomic E-state index is 11.9. The van der Waals surface area contributed by atoms with E-state index in [1.54, 1.807) is 20.9 Å². The number of esters is 1. The highest BCUT2D eigenvalue weighted by Gasteiger charge is 2.24. The highest BCUT2D eigenvalue weighted by molar-refractivity contribution is 7.89. The number of rotatable bonds is 4. The van der Waals surface area contributed by atoms with E-state index >= 15 is 0 Å². The first-order valence-corrected chi connectivity index (χ1v) is 6.34. The van der Waals surface area contributed by atoms with Crippen LogP contribution in [0.2, 0.25) is 0 Å². The van der Waals surface area contributed by atoms with Crippen LogP contribution in [-0.4, -0.2) is 37.8 Å². The number of hydrogen-bond donors (Lipinski definition) is 1. The minimum atomic E-state index is -3.74. The molecule has 0 atom stereocenters. The van der Waals surface area contributed by atoms with E-state index in [0.29, 0.717) is 11.4 Å². The van der Waals surface area contributed by atoms with Gasteiger partial charge >= 0.3 is 5.97 Å². The first-order valence-electron chi connectivity index (χ1n) is 4.86. The summed E-state index contributed by atoms with van der Waals surface area (Å²) in [4.78, 5) is 11.0. The fraction of sp³-hybridized carbons (Fsp3) is 0.556. The lowest BCUT2D eigenvalue weighted by Crippen LogP contribution is -2.30. The van der Waals surface area contributed by atoms with Crippen LogP contribution in [0.1, 0.15) is 11.4 Å². The lowest BCUT2D eigenvalue weighted by molar-refractivity contribution is -0.139. The fourth-order valence-corrected chi connectivity index (χ4v) is 2.84. The molecule has 1 aromatic rings. The van der Waals surface area contributed by atoms with Crippen molar-refractivity contribution in [2.24, 2.45) is 7.05 Å². The Bertz CT molecular complexity index is 533. The van der Waals surface area contributed by atoms with Crippen LogP contribution >= 0.6 is 0 Å². The van der Waals surface area contributed by atoms with E-state index in [2.05, 4.69) is 14.6 Å². The third-order valence-corrected chi connectivity index (χ3v) is 4.00. The molecule has 0 saturated carbocycles. The topological polar surface area (TPSA) is 90.3 Å². The Labute approximate surface area is 99.8 Å². The van der Waals surface area contributed by atoms with Gasteiger partial charge in [-0.2, -0.15) is 9.82 Å². The molecule has 0 unspecified atom stereocenters. The van der Waals surface area contributed by atoms with Crippen LogP contribution in [0.3, 0.4) is 0 Å². The van der Waals surface area contributed by atoms with E-state index in [-0.39, 0.29) is 4.90 Å². The van der Waals surface area contributed by atoms with Gasteiger partial charge in [0.25, 0.3) is 0 Å². The maximum atomic E-state index is 11.9. The van der Waals surface area contributed by atoms with Gasteiger partial charge in [0, 0.05) is 7.05 Å². The molecule has 7 nitrogen and oxygen atoms in total. The molecule has 0 aliphatic heterocycles. The average Bonchev–Trinajstić information content (AvgIpc) is 2.50. The molecule has 1 N–H and O–H groups in total. The fourth-order valence-electron chi connectivity index (χ4n) is 1.44. The lowest BCUT2D eigenvalue weighted by Gasteiger charge is -2.05. The van der Waals surface area contributed by atoms with Gasteiger partial charge in [-0.15, -0.1) is 0 Å². The second-order valence-corrected chi connectivity index (χ2v) is 5.23. The molecule has 0 saturated heterocycles. The summed E-state index contributed by atoms with van der Waals surface area (Å²) in [7, 11) is -0.894. The summed E-state index contributed by atoms with van der Waals surface area (Å²) in [6.07, 6.45) is 0. The van der Waals surface area contributed by atoms with Crippen molar-refractivity contribution in [2.75, 3.05) is 13.7 Å². The molecular formula is C9H15N3O4S. The molecule has 0 amide bonds. The number of methoxy groups -OCH3 is 1. The molecule has 8 heteroatoms. The smallest absolute Gasteiger partial charge is 0.320 e. The summed E-state index contributed by atoms with van der Waals surface area (Å²) in [5, 5.41) is 4.01. The van der Waals surface area contributed by atoms with Crippen LogP contribution in [0, 0.1) is 13.8 Å². The molecule has 0 aromatic carbocycles. The van der Waals surface area contributed by atoms with E-state index in [0.717, 1.165) is 0 Å². The zero-order valence-corrected chi connectivity index (χ0v) is 11.0. The van der Waals surface area contributed by atoms with Crippen molar-refractivity contribution in [3.05, 3.63) is 11.4 Å². The zero-order chi connectivity index (χ0) is 13.2. The molecule has 0 aliphatic rings. The van der Waals surface area contributed by atoms with Crippen molar-refractivity contribution in [3.8, 4) is 0 Å². The standard InChI is InChI=1S/C9H15N3O4S/c1-6-9(7(2)12(3)11-6)17(14,15)10-5-8(13)16-4/h10H,5H2,1-4H3. The highest BCUT2D eigenvalue weighted by Crippen LogP contribution is 2.17. The average molecular weight is 261 g/mol. The minimum absolute atomic E-state index is 0.101. The number of nitrogens with one attached hydrogen (secondary N) is 1. The Morgan fingerprint density at radius 3 is 2.47 bits per heavy atom. The largest absolute Gasteiger partial charge is 0.468 e. The molecule has 1 aromatic heterocycles. The third kappa shape index (κ3) is 2.83. The summed E-state index contributed by atoms with van der Waals surface area (Å²) >= 11 is 0. The summed E-state index contributed by atoms with van der Waals surface area (Å²) < 4.78 is 31.9. The van der Waals surface area contributed by atoms with E-state index in [1.807, 2.05) is 0 Å². The predicted octanol–water partition coefficient (Wildman–Crippen LogP) is -0.512. The van der Waals surface area contributed by atoms with Crippen molar-refractivity contribution in [1.29, 1.82) is 0 Å². The molecule has 0 spiro atoms. The van der Waals surface area contributed by atoms with Gasteiger partial charge in [0.2, 0.25) is 10.0 Å². The highest BCUT2D eigenvalue weighted by atomic mass is 32.2. The van der Waals surface area contributed by atoms with Crippen LogP contribution in [-0.2, 0) is 26.6 Å². The second kappa shape index (κ2) is 4.84. The molecule has 1 heterocycles. The van der Waals surface area contributed by atoms with Gasteiger partial charge < -0.3 is 4.74 Å². The second-order valence-electron chi connectivity index (χ2n) is 3.52. The van der Waals surface area contributed by atoms with Crippen molar-refractivity contribution in [1.82, 2.24) is 14.5 Å². The molecule has 0 aliphatic carbocycles. The number of ether oxygens (including phenoxy) is 1. The monoisotopic (exact) mass is 261 g/mol. The summed E-state index contributed by atoms with van der Waals surface area (Å²) in [5.41, 5.74) is 0.905. The van der Waals surface area contributed by atoms with E-state index in [1.165, 1.54) is 11.8 Å². The summed E-state index contributed by atoms with van der Waals surface area (Å²) in [6.45, 7) is 2.85. The molecular weight excluding hydrogens is 246 g/mol. The van der Waals surface area contributed by atoms with E-state index < -0.39 is 22.5 Å². The zero-order valence-electron chi connectivity index (χ0n) is 10.1. The van der Waals surface area contributed by atoms with Crippen LogP contribution in [0.15, 0.2) is 4.90 Å². The molecule has 0 bridgehead atoms. The van der Waals surface area contributed by atoms with E-state index in [9.17, 15) is 13.2 Å². The third-order valence-electron chi connectivity index (χ3n) is 2.35. The van der Waals surface area contributed by atoms with E-state index in [4.69, 9.17) is 0 Å². The summed E-state index contributed by atoms with van der Waals surface area (Å²) in [6, 6.07) is 0. The Hall–Kier alpha value is -1.41. The minimum Gasteiger partial charge on any atom is -0.468 e. The molecule has 96 valence electrons. The summed E-state index contributed by atoms with van der Waals surface area (Å²) in [5.74, 6) is -0.646. The van der Waals surface area contributed by atoms with Gasteiger partial charge in [0.1, 0.15) is 11.4 Å². The number of aryl methyl sites for hydroxylation is 2. The first kappa shape index (κ1) is 13.7. The van der Waals surface area contributed by atoms with Crippen molar-refractivity contribution in [3.63, 3.8) is 0 Å². The number of aromatic nitrogens is 2. The SMILES string of the molecule is COC(=O)CNS(=O)(=O)c1c(C)nn(C)c1C. The van der Waals surface area contributed by atoms with Crippen LogP contribution in [0.5, 0.6) is 0 Å². The van der Waals surface area contributed by atoms with Gasteiger partial charge in [-0.3, -0.25) is 9.48 Å². The Kier molecular flexibility index (Phi) is 3.89. The van der Waals surface area contributed by atoms with Gasteiger partial charge in [-0.05, 0) is 13.8 Å². The number of nitrogens with zero attached hydrogens (tertiary/aromatic N) is 2. The van der Waals surface area contributed by atoms with Crippen LogP contribution in [0.25, 0.3) is 0 Å². The quantitative estimate of drug-likeness (QED) is 0.737. The molecule has 1 rings (SSSR count). The van der Waals surface area contributed by atoms with Gasteiger partial charge in [-0.25, -0.2) is 8.42 Å². The van der Waals surface area contributed by atoms with Crippen LogP contribution in [0.4, 0.5) is 0 Å². The van der Waals surface area contributed by atoms with Crippen molar-refractivity contribution < 1.29 is 17.9 Å². The molecule has 0 radical (unpaired) electrons. The number of sulfonamides is 1. The number of carbonyl (C=O) groups excluding carboxylic acids is 1.